The third kappa shape index (κ3) is 38.7. The number of hydrogen-bond acceptors (Lipinski definition) is 3. The van der Waals surface area contributed by atoms with Crippen LogP contribution >= 0.6 is 0 Å². The van der Waals surface area contributed by atoms with Crippen LogP contribution in [0, 0.1) is 0 Å². The van der Waals surface area contributed by atoms with Gasteiger partial charge in [0.05, 0.1) is 0 Å². The molecule has 3 nitrogen and oxygen atoms in total. The normalized spacial score (nSPS) is 4.50. The van der Waals surface area contributed by atoms with Gasteiger partial charge in [-0.1, -0.05) is 0 Å². The molecule has 0 atom stereocenters. The Hall–Kier alpha value is 1.93. The topological polar surface area (TPSA) is 60.7 Å². The van der Waals surface area contributed by atoms with Crippen molar-refractivity contribution in [1.82, 2.24) is 0 Å². The fourth-order valence-corrected chi connectivity index (χ4v) is 0. The van der Waals surface area contributed by atoms with E-state index < -0.39 is 7.32 Å². The molecule has 0 bridgehead atoms. The van der Waals surface area contributed by atoms with Gasteiger partial charge in [0, 0.05) is 58.9 Å². The Morgan fingerprint density at radius 1 is 1.00 bits per heavy atom. The minimum absolute atomic E-state index is 0. The van der Waals surface area contributed by atoms with E-state index >= 15 is 0 Å². The van der Waals surface area contributed by atoms with Crippen LogP contribution in [0.5, 0.6) is 0 Å². The molecule has 0 saturated heterocycles. The molecule has 0 rings (SSSR count). The molecule has 0 aliphatic rings. The fourth-order valence-electron chi connectivity index (χ4n) is 0. The first-order valence-corrected chi connectivity index (χ1v) is 0.775. The molecule has 0 heterocycles. The monoisotopic (exact) mass is 241 g/mol. The van der Waals surface area contributed by atoms with Gasteiger partial charge in [0.15, 0.2) is 0 Å². The molecule has 6 heavy (non-hydrogen) atoms. The van der Waals surface area contributed by atoms with Crippen LogP contribution in [0.25, 0.3) is 0 Å². The molecule has 31 valence electrons. The van der Waals surface area contributed by atoms with Crippen LogP contribution in [-0.2, 0) is 58.9 Å². The van der Waals surface area contributed by atoms with Crippen molar-refractivity contribution < 1.29 is 74.0 Å². The first-order valence-electron chi connectivity index (χ1n) is 0.775. The molecule has 0 amide bonds. The van der Waals surface area contributed by atoms with Gasteiger partial charge in [-0.3, -0.25) is 0 Å². The molecule has 0 aliphatic carbocycles. The van der Waals surface area contributed by atoms with Crippen molar-refractivity contribution in [2.75, 3.05) is 0 Å². The Bertz CT molecular complexity index is 15.5. The van der Waals surface area contributed by atoms with Crippen molar-refractivity contribution in [2.24, 2.45) is 0 Å². The van der Waals surface area contributed by atoms with Crippen molar-refractivity contribution in [3.8, 4) is 0 Å². The SMILES string of the molecule is OB(O)O.[Y].[Zr]. The van der Waals surface area contributed by atoms with Gasteiger partial charge in [0.2, 0.25) is 0 Å². The maximum atomic E-state index is 7.17. The van der Waals surface area contributed by atoms with Gasteiger partial charge in [-0.25, -0.2) is 0 Å². The summed E-state index contributed by atoms with van der Waals surface area (Å²) in [6.07, 6.45) is 0. The minimum Gasteiger partial charge on any atom is -0.402 e. The molecule has 0 spiro atoms. The minimum atomic E-state index is -2.17. The van der Waals surface area contributed by atoms with Crippen molar-refractivity contribution in [2.45, 2.75) is 0 Å². The molecular formula is H3BO3YZr. The summed E-state index contributed by atoms with van der Waals surface area (Å²) in [5.74, 6) is 0. The van der Waals surface area contributed by atoms with Crippen LogP contribution in [0.2, 0.25) is 0 Å². The fraction of sp³-hybridized carbons (Fsp3) is 0. The summed E-state index contributed by atoms with van der Waals surface area (Å²) >= 11 is 0. The first kappa shape index (κ1) is 15.7. The maximum Gasteiger partial charge on any atom is 0.631 e. The zero-order valence-electron chi connectivity index (χ0n) is 3.00. The second kappa shape index (κ2) is 10.0. The third-order valence-electron chi connectivity index (χ3n) is 0. The molecule has 0 aromatic carbocycles. The predicted octanol–water partition coefficient (Wildman–Crippen LogP) is -2.06. The van der Waals surface area contributed by atoms with Gasteiger partial charge in [-0.2, -0.15) is 0 Å². The van der Waals surface area contributed by atoms with Crippen LogP contribution in [0.1, 0.15) is 0 Å². The molecule has 0 unspecified atom stereocenters. The van der Waals surface area contributed by atoms with E-state index in [0.717, 1.165) is 0 Å². The van der Waals surface area contributed by atoms with E-state index in [1.54, 1.807) is 0 Å². The standard InChI is InChI=1S/BH3O3.Y.Zr/c2-1(3)4;;/h2-4H;;. The Morgan fingerprint density at radius 2 is 1.00 bits per heavy atom. The average molecular weight is 242 g/mol. The van der Waals surface area contributed by atoms with Crippen LogP contribution in [0.4, 0.5) is 0 Å². The Labute approximate surface area is 80.3 Å². The largest absolute Gasteiger partial charge is 0.631 e. The van der Waals surface area contributed by atoms with E-state index in [1.807, 2.05) is 0 Å². The van der Waals surface area contributed by atoms with Gasteiger partial charge < -0.3 is 15.1 Å². The average Bonchev–Trinajstić information content (AvgIpc) is 0.811. The summed E-state index contributed by atoms with van der Waals surface area (Å²) in [5, 5.41) is 21.5. The van der Waals surface area contributed by atoms with Gasteiger partial charge in [-0.05, 0) is 0 Å². The molecule has 0 saturated carbocycles. The summed E-state index contributed by atoms with van der Waals surface area (Å²) in [6.45, 7) is 0. The Morgan fingerprint density at radius 3 is 1.00 bits per heavy atom. The van der Waals surface area contributed by atoms with Crippen molar-refractivity contribution in [1.29, 1.82) is 0 Å². The summed E-state index contributed by atoms with van der Waals surface area (Å²) in [4.78, 5) is 0. The molecule has 6 heteroatoms. The molecular weight excluding hydrogens is 239 g/mol. The van der Waals surface area contributed by atoms with E-state index in [0.29, 0.717) is 0 Å². The summed E-state index contributed by atoms with van der Waals surface area (Å²) in [5.41, 5.74) is 0. The molecule has 3 N–H and O–H groups in total. The first-order chi connectivity index (χ1) is 1.73. The summed E-state index contributed by atoms with van der Waals surface area (Å²) in [7, 11) is -2.17. The van der Waals surface area contributed by atoms with Crippen molar-refractivity contribution >= 4 is 7.32 Å². The second-order valence-corrected chi connectivity index (χ2v) is 0.346. The zero-order chi connectivity index (χ0) is 3.58. The Balaban J connectivity index is -0.0000000450. The van der Waals surface area contributed by atoms with Crippen LogP contribution in [0.3, 0.4) is 0 Å². The maximum absolute atomic E-state index is 7.17. The summed E-state index contributed by atoms with van der Waals surface area (Å²) in [6, 6.07) is 0. The third-order valence-corrected chi connectivity index (χ3v) is 0. The summed E-state index contributed by atoms with van der Waals surface area (Å²) < 4.78 is 0. The van der Waals surface area contributed by atoms with Crippen LogP contribution < -0.4 is 0 Å². The van der Waals surface area contributed by atoms with Gasteiger partial charge in [0.25, 0.3) is 0 Å². The van der Waals surface area contributed by atoms with E-state index in [9.17, 15) is 0 Å². The van der Waals surface area contributed by atoms with Crippen LogP contribution in [-0.4, -0.2) is 22.4 Å². The van der Waals surface area contributed by atoms with Crippen LogP contribution in [0.15, 0.2) is 0 Å². The quantitative estimate of drug-likeness (QED) is 0.428. The molecule has 0 aliphatic heterocycles. The molecule has 0 aromatic rings. The smallest absolute Gasteiger partial charge is 0.402 e. The van der Waals surface area contributed by atoms with E-state index in [4.69, 9.17) is 15.1 Å². The second-order valence-electron chi connectivity index (χ2n) is 0.346. The van der Waals surface area contributed by atoms with E-state index in [-0.39, 0.29) is 58.9 Å². The number of rotatable bonds is 0. The van der Waals surface area contributed by atoms with Gasteiger partial charge in [0.1, 0.15) is 0 Å². The molecule has 0 fully saturated rings. The van der Waals surface area contributed by atoms with E-state index in [1.165, 1.54) is 0 Å². The zero-order valence-corrected chi connectivity index (χ0v) is 8.29. The van der Waals surface area contributed by atoms with Crippen molar-refractivity contribution in [3.05, 3.63) is 0 Å². The van der Waals surface area contributed by atoms with Gasteiger partial charge >= 0.3 is 7.32 Å². The van der Waals surface area contributed by atoms with Crippen molar-refractivity contribution in [3.63, 3.8) is 0 Å². The molecule has 0 aromatic heterocycles. The molecule has 1 radical (unpaired) electrons. The predicted molar refractivity (Wildman–Crippen MR) is 12.4 cm³/mol. The van der Waals surface area contributed by atoms with Gasteiger partial charge in [-0.15, -0.1) is 0 Å². The number of hydrogen-bond donors (Lipinski definition) is 3. The van der Waals surface area contributed by atoms with E-state index in [2.05, 4.69) is 0 Å². The Kier molecular flexibility index (Phi) is 26.2.